The molecule has 1 fully saturated rings. The van der Waals surface area contributed by atoms with Crippen molar-refractivity contribution in [1.29, 1.82) is 0 Å². The van der Waals surface area contributed by atoms with E-state index in [0.717, 1.165) is 46.6 Å². The first kappa shape index (κ1) is 23.7. The van der Waals surface area contributed by atoms with Crippen LogP contribution in [0.2, 0.25) is 10.0 Å². The van der Waals surface area contributed by atoms with Gasteiger partial charge in [-0.3, -0.25) is 0 Å². The monoisotopic (exact) mass is 531 g/mol. The van der Waals surface area contributed by atoms with Gasteiger partial charge in [-0.15, -0.1) is 5.10 Å². The smallest absolute Gasteiger partial charge is 0.367 e. The van der Waals surface area contributed by atoms with E-state index in [-0.39, 0.29) is 5.69 Å². The Morgan fingerprint density at radius 2 is 1.49 bits per heavy atom. The Bertz CT molecular complexity index is 1620. The summed E-state index contributed by atoms with van der Waals surface area (Å²) in [4.78, 5) is 15.8. The van der Waals surface area contributed by atoms with Crippen LogP contribution < -0.4 is 10.6 Å². The average molecular weight is 532 g/mol. The van der Waals surface area contributed by atoms with Crippen LogP contribution in [0.1, 0.15) is 5.56 Å². The van der Waals surface area contributed by atoms with E-state index in [1.165, 1.54) is 9.20 Å². The van der Waals surface area contributed by atoms with Crippen LogP contribution in [0.5, 0.6) is 0 Å². The molecule has 1 aliphatic rings. The van der Waals surface area contributed by atoms with Gasteiger partial charge < -0.3 is 9.64 Å². The summed E-state index contributed by atoms with van der Waals surface area (Å²) in [5.74, 6) is 0. The normalized spacial score (nSPS) is 13.8. The number of rotatable bonds is 5. The maximum Gasteiger partial charge on any atom is 0.367 e. The van der Waals surface area contributed by atoms with Gasteiger partial charge in [0.2, 0.25) is 0 Å². The number of para-hydroxylation sites is 1. The van der Waals surface area contributed by atoms with Crippen LogP contribution in [0, 0.1) is 0 Å². The van der Waals surface area contributed by atoms with E-state index in [4.69, 9.17) is 33.0 Å². The van der Waals surface area contributed by atoms with Crippen molar-refractivity contribution in [2.24, 2.45) is 0 Å². The Morgan fingerprint density at radius 1 is 0.838 bits per heavy atom. The summed E-state index contributed by atoms with van der Waals surface area (Å²) in [7, 11) is 0. The highest BCUT2D eigenvalue weighted by atomic mass is 35.5. The number of aromatic nitrogens is 4. The van der Waals surface area contributed by atoms with Crippen LogP contribution in [0.4, 0.5) is 5.69 Å². The summed E-state index contributed by atoms with van der Waals surface area (Å²) in [5.41, 5.74) is 5.72. The van der Waals surface area contributed by atoms with Crippen molar-refractivity contribution >= 4 is 34.5 Å². The number of hydrogen-bond donors (Lipinski definition) is 0. The third kappa shape index (κ3) is 4.62. The molecule has 0 bridgehead atoms. The summed E-state index contributed by atoms with van der Waals surface area (Å²) in [6.07, 6.45) is 1.70. The molecule has 1 saturated heterocycles. The third-order valence-electron chi connectivity index (χ3n) is 6.56. The molecule has 9 heteroatoms. The van der Waals surface area contributed by atoms with Crippen molar-refractivity contribution in [2.45, 2.75) is 6.54 Å². The Hall–Kier alpha value is -3.65. The maximum atomic E-state index is 13.5. The Morgan fingerprint density at radius 3 is 2.19 bits per heavy atom. The number of anilines is 1. The van der Waals surface area contributed by atoms with Gasteiger partial charge in [-0.25, -0.2) is 9.48 Å². The minimum atomic E-state index is -0.301. The van der Waals surface area contributed by atoms with E-state index < -0.39 is 0 Å². The lowest BCUT2D eigenvalue weighted by atomic mass is 9.97. The van der Waals surface area contributed by atoms with Gasteiger partial charge in [0.05, 0.1) is 26.0 Å². The number of morpholine rings is 1. The number of hydrogen-bond acceptors (Lipinski definition) is 5. The van der Waals surface area contributed by atoms with Crippen molar-refractivity contribution in [1.82, 2.24) is 19.4 Å². The molecule has 0 unspecified atom stereocenters. The zero-order valence-corrected chi connectivity index (χ0v) is 21.4. The first-order valence-electron chi connectivity index (χ1n) is 12.0. The first-order chi connectivity index (χ1) is 18.1. The fourth-order valence-electron chi connectivity index (χ4n) is 4.73. The molecule has 3 aromatic carbocycles. The van der Waals surface area contributed by atoms with Gasteiger partial charge in [0, 0.05) is 39.9 Å². The number of ether oxygens (including phenoxy) is 1. The molecule has 0 radical (unpaired) electrons. The molecule has 5 aromatic rings. The predicted molar refractivity (Wildman–Crippen MR) is 147 cm³/mol. The second-order valence-electron chi connectivity index (χ2n) is 8.85. The molecule has 186 valence electrons. The highest BCUT2D eigenvalue weighted by molar-refractivity contribution is 6.31. The largest absolute Gasteiger partial charge is 0.378 e. The van der Waals surface area contributed by atoms with E-state index in [1.54, 1.807) is 6.20 Å². The minimum absolute atomic E-state index is 0.301. The summed E-state index contributed by atoms with van der Waals surface area (Å²) in [5, 5.41) is 10.6. The summed E-state index contributed by atoms with van der Waals surface area (Å²) in [6.45, 7) is 3.31. The van der Waals surface area contributed by atoms with E-state index in [9.17, 15) is 4.79 Å². The zero-order chi connectivity index (χ0) is 25.4. The number of fused-ring (bicyclic) bond motifs is 1. The van der Waals surface area contributed by atoms with Gasteiger partial charge in [-0.1, -0.05) is 65.7 Å². The van der Waals surface area contributed by atoms with Crippen LogP contribution >= 0.6 is 23.2 Å². The Balaban J connectivity index is 1.50. The first-order valence-corrected chi connectivity index (χ1v) is 12.8. The van der Waals surface area contributed by atoms with Crippen molar-refractivity contribution in [3.8, 4) is 22.3 Å². The van der Waals surface area contributed by atoms with Gasteiger partial charge >= 0.3 is 5.69 Å². The lowest BCUT2D eigenvalue weighted by Gasteiger charge is -2.30. The number of nitrogens with zero attached hydrogens (tertiary/aromatic N) is 5. The van der Waals surface area contributed by atoms with Crippen LogP contribution in [0.15, 0.2) is 83.8 Å². The summed E-state index contributed by atoms with van der Waals surface area (Å²) >= 11 is 12.3. The van der Waals surface area contributed by atoms with Crippen LogP contribution in [-0.2, 0) is 11.3 Å². The molecule has 0 N–H and O–H groups in total. The van der Waals surface area contributed by atoms with E-state index in [1.807, 2.05) is 66.7 Å². The van der Waals surface area contributed by atoms with Gasteiger partial charge in [0.25, 0.3) is 0 Å². The van der Waals surface area contributed by atoms with Crippen LogP contribution in [0.3, 0.4) is 0 Å². The van der Waals surface area contributed by atoms with Crippen LogP contribution in [0.25, 0.3) is 27.9 Å². The fraction of sp³-hybridized carbons (Fsp3) is 0.179. The van der Waals surface area contributed by atoms with Gasteiger partial charge in [-0.2, -0.15) is 9.61 Å². The highest BCUT2D eigenvalue weighted by Gasteiger charge is 2.20. The molecule has 0 amide bonds. The standard InChI is InChI=1S/C28H23Cl2N5O2/c29-22-9-5-19(6-10-22)24-17-31-35-27(26(24)20-7-11-23(30)12-8-20)32-34(28(35)36)18-21-3-1-2-4-25(21)33-13-15-37-16-14-33/h1-12,17H,13-16,18H2. The van der Waals surface area contributed by atoms with Crippen molar-refractivity contribution in [3.63, 3.8) is 0 Å². The SMILES string of the molecule is O=c1n(Cc2ccccc2N2CCOCC2)nc2c(-c3ccc(Cl)cc3)c(-c3ccc(Cl)cc3)cnn12. The molecule has 3 heterocycles. The quantitative estimate of drug-likeness (QED) is 0.303. The topological polar surface area (TPSA) is 64.7 Å². The minimum Gasteiger partial charge on any atom is -0.378 e. The molecular weight excluding hydrogens is 509 g/mol. The molecular formula is C28H23Cl2N5O2. The molecule has 0 saturated carbocycles. The zero-order valence-electron chi connectivity index (χ0n) is 19.8. The molecule has 6 rings (SSSR count). The van der Waals surface area contributed by atoms with Crippen molar-refractivity contribution in [2.75, 3.05) is 31.2 Å². The molecule has 0 aliphatic carbocycles. The van der Waals surface area contributed by atoms with E-state index >= 15 is 0 Å². The molecule has 1 aliphatic heterocycles. The maximum absolute atomic E-state index is 13.5. The van der Waals surface area contributed by atoms with Gasteiger partial charge in [0.1, 0.15) is 0 Å². The average Bonchev–Trinajstić information content (AvgIpc) is 3.25. The second kappa shape index (κ2) is 10.0. The molecule has 37 heavy (non-hydrogen) atoms. The number of halogens is 2. The Labute approximate surface area is 223 Å². The Kier molecular flexibility index (Phi) is 6.42. The summed E-state index contributed by atoms with van der Waals surface area (Å²) in [6, 6.07) is 23.1. The van der Waals surface area contributed by atoms with Crippen molar-refractivity contribution in [3.05, 3.63) is 105 Å². The lowest BCUT2D eigenvalue weighted by Crippen LogP contribution is -2.37. The van der Waals surface area contributed by atoms with Crippen LogP contribution in [-0.4, -0.2) is 45.7 Å². The molecule has 0 spiro atoms. The third-order valence-corrected chi connectivity index (χ3v) is 7.07. The highest BCUT2D eigenvalue weighted by Crippen LogP contribution is 2.35. The van der Waals surface area contributed by atoms with Crippen molar-refractivity contribution < 1.29 is 4.74 Å². The predicted octanol–water partition coefficient (Wildman–Crippen LogP) is 5.42. The van der Waals surface area contributed by atoms with Gasteiger partial charge in [0.15, 0.2) is 5.65 Å². The molecule has 0 atom stereocenters. The number of benzene rings is 3. The summed E-state index contributed by atoms with van der Waals surface area (Å²) < 4.78 is 8.36. The van der Waals surface area contributed by atoms with E-state index in [2.05, 4.69) is 16.1 Å². The fourth-order valence-corrected chi connectivity index (χ4v) is 4.98. The van der Waals surface area contributed by atoms with E-state index in [0.29, 0.717) is 35.5 Å². The second-order valence-corrected chi connectivity index (χ2v) is 9.72. The molecule has 2 aromatic heterocycles. The van der Waals surface area contributed by atoms with Gasteiger partial charge in [-0.05, 0) is 47.0 Å². The molecule has 7 nitrogen and oxygen atoms in total. The lowest BCUT2D eigenvalue weighted by molar-refractivity contribution is 0.122.